The molecule has 124 valence electrons. The average Bonchev–Trinajstić information content (AvgIpc) is 2.92. The summed E-state index contributed by atoms with van der Waals surface area (Å²) in [5.41, 5.74) is 4.18. The zero-order valence-electron chi connectivity index (χ0n) is 13.6. The summed E-state index contributed by atoms with van der Waals surface area (Å²) in [6.07, 6.45) is 0. The number of para-hydroxylation sites is 1. The maximum Gasteiger partial charge on any atom is 0.218 e. The van der Waals surface area contributed by atoms with Gasteiger partial charge in [-0.15, -0.1) is 0 Å². The van der Waals surface area contributed by atoms with Gasteiger partial charge in [-0.3, -0.25) is 0 Å². The Labute approximate surface area is 142 Å². The molecule has 0 radical (unpaired) electrons. The summed E-state index contributed by atoms with van der Waals surface area (Å²) in [5, 5.41) is 1.17. The molecule has 2 heterocycles. The van der Waals surface area contributed by atoms with Crippen molar-refractivity contribution in [2.75, 3.05) is 6.54 Å². The molecular formula is C19H20N2O2S. The van der Waals surface area contributed by atoms with Gasteiger partial charge < -0.3 is 4.57 Å². The normalized spacial score (nSPS) is 15.5. The number of benzene rings is 2. The second-order valence-corrected chi connectivity index (χ2v) is 8.39. The SMILES string of the molecule is Cc1cccc(CS(=O)(=O)N2CCn3c(cc4ccccc43)C2)c1. The number of nitrogens with zero attached hydrogens (tertiary/aromatic N) is 2. The van der Waals surface area contributed by atoms with E-state index in [9.17, 15) is 8.42 Å². The summed E-state index contributed by atoms with van der Waals surface area (Å²) >= 11 is 0. The molecule has 0 bridgehead atoms. The van der Waals surface area contributed by atoms with Gasteiger partial charge in [0.05, 0.1) is 12.3 Å². The number of hydrogen-bond acceptors (Lipinski definition) is 2. The van der Waals surface area contributed by atoms with Gasteiger partial charge in [-0.25, -0.2) is 8.42 Å². The van der Waals surface area contributed by atoms with Gasteiger partial charge in [-0.2, -0.15) is 4.31 Å². The lowest BCUT2D eigenvalue weighted by atomic mass is 10.2. The van der Waals surface area contributed by atoms with Crippen LogP contribution in [0.5, 0.6) is 0 Å². The van der Waals surface area contributed by atoms with E-state index in [0.29, 0.717) is 19.6 Å². The lowest BCUT2D eigenvalue weighted by molar-refractivity contribution is 0.345. The Kier molecular flexibility index (Phi) is 3.70. The molecular weight excluding hydrogens is 320 g/mol. The van der Waals surface area contributed by atoms with Crippen molar-refractivity contribution in [3.05, 3.63) is 71.4 Å². The van der Waals surface area contributed by atoms with Crippen molar-refractivity contribution in [3.8, 4) is 0 Å². The van der Waals surface area contributed by atoms with E-state index in [1.807, 2.05) is 43.3 Å². The predicted octanol–water partition coefficient (Wildman–Crippen LogP) is 3.30. The molecule has 5 heteroatoms. The Balaban J connectivity index is 1.61. The van der Waals surface area contributed by atoms with Crippen molar-refractivity contribution in [1.29, 1.82) is 0 Å². The van der Waals surface area contributed by atoms with E-state index in [2.05, 4.69) is 22.8 Å². The maximum atomic E-state index is 12.8. The third kappa shape index (κ3) is 2.74. The molecule has 24 heavy (non-hydrogen) atoms. The average molecular weight is 340 g/mol. The fourth-order valence-electron chi connectivity index (χ4n) is 3.48. The first-order chi connectivity index (χ1) is 11.5. The number of fused-ring (bicyclic) bond motifs is 3. The van der Waals surface area contributed by atoms with E-state index in [1.165, 1.54) is 10.9 Å². The summed E-state index contributed by atoms with van der Waals surface area (Å²) in [4.78, 5) is 0. The van der Waals surface area contributed by atoms with Crippen molar-refractivity contribution in [2.24, 2.45) is 0 Å². The smallest absolute Gasteiger partial charge is 0.218 e. The Morgan fingerprint density at radius 1 is 1.00 bits per heavy atom. The minimum Gasteiger partial charge on any atom is -0.342 e. The summed E-state index contributed by atoms with van der Waals surface area (Å²) in [7, 11) is -3.31. The first-order valence-electron chi connectivity index (χ1n) is 8.13. The first-order valence-corrected chi connectivity index (χ1v) is 9.74. The molecule has 1 aliphatic rings. The van der Waals surface area contributed by atoms with Gasteiger partial charge in [0, 0.05) is 24.3 Å². The molecule has 0 fully saturated rings. The van der Waals surface area contributed by atoms with Crippen LogP contribution in [0.3, 0.4) is 0 Å². The number of sulfonamides is 1. The Hall–Kier alpha value is -2.11. The third-order valence-electron chi connectivity index (χ3n) is 4.63. The predicted molar refractivity (Wildman–Crippen MR) is 96.2 cm³/mol. The van der Waals surface area contributed by atoms with Gasteiger partial charge in [0.15, 0.2) is 0 Å². The monoisotopic (exact) mass is 340 g/mol. The van der Waals surface area contributed by atoms with Crippen molar-refractivity contribution >= 4 is 20.9 Å². The van der Waals surface area contributed by atoms with Crippen LogP contribution in [0.25, 0.3) is 10.9 Å². The highest BCUT2D eigenvalue weighted by Gasteiger charge is 2.27. The highest BCUT2D eigenvalue weighted by molar-refractivity contribution is 7.88. The van der Waals surface area contributed by atoms with Crippen LogP contribution in [-0.4, -0.2) is 23.8 Å². The second-order valence-electron chi connectivity index (χ2n) is 6.42. The van der Waals surface area contributed by atoms with Crippen molar-refractivity contribution in [1.82, 2.24) is 8.87 Å². The van der Waals surface area contributed by atoms with Crippen LogP contribution in [0.15, 0.2) is 54.6 Å². The Morgan fingerprint density at radius 2 is 1.83 bits per heavy atom. The molecule has 0 aliphatic carbocycles. The second kappa shape index (κ2) is 5.76. The molecule has 0 N–H and O–H groups in total. The summed E-state index contributed by atoms with van der Waals surface area (Å²) in [6.45, 7) is 3.66. The fourth-order valence-corrected chi connectivity index (χ4v) is 4.95. The van der Waals surface area contributed by atoms with Crippen molar-refractivity contribution in [2.45, 2.75) is 25.8 Å². The largest absolute Gasteiger partial charge is 0.342 e. The van der Waals surface area contributed by atoms with Crippen LogP contribution in [0.2, 0.25) is 0 Å². The molecule has 1 aromatic heterocycles. The minimum atomic E-state index is -3.31. The van der Waals surface area contributed by atoms with E-state index < -0.39 is 10.0 Å². The van der Waals surface area contributed by atoms with E-state index in [0.717, 1.165) is 16.8 Å². The summed E-state index contributed by atoms with van der Waals surface area (Å²) in [6, 6.07) is 18.0. The van der Waals surface area contributed by atoms with Crippen LogP contribution >= 0.6 is 0 Å². The lowest BCUT2D eigenvalue weighted by Crippen LogP contribution is -2.38. The molecule has 2 aromatic carbocycles. The topological polar surface area (TPSA) is 42.3 Å². The third-order valence-corrected chi connectivity index (χ3v) is 6.43. The van der Waals surface area contributed by atoms with Gasteiger partial charge in [-0.05, 0) is 30.0 Å². The zero-order valence-corrected chi connectivity index (χ0v) is 14.5. The lowest BCUT2D eigenvalue weighted by Gasteiger charge is -2.28. The van der Waals surface area contributed by atoms with E-state index in [1.54, 1.807) is 4.31 Å². The van der Waals surface area contributed by atoms with Crippen LogP contribution in [0, 0.1) is 6.92 Å². The molecule has 4 nitrogen and oxygen atoms in total. The van der Waals surface area contributed by atoms with Gasteiger partial charge in [0.2, 0.25) is 10.0 Å². The van der Waals surface area contributed by atoms with Gasteiger partial charge >= 0.3 is 0 Å². The van der Waals surface area contributed by atoms with E-state index >= 15 is 0 Å². The minimum absolute atomic E-state index is 0.0644. The van der Waals surface area contributed by atoms with Crippen molar-refractivity contribution < 1.29 is 8.42 Å². The van der Waals surface area contributed by atoms with Crippen LogP contribution in [0.4, 0.5) is 0 Å². The Morgan fingerprint density at radius 3 is 2.67 bits per heavy atom. The zero-order chi connectivity index (χ0) is 16.7. The summed E-state index contributed by atoms with van der Waals surface area (Å²) in [5.74, 6) is 0.0644. The van der Waals surface area contributed by atoms with Crippen molar-refractivity contribution in [3.63, 3.8) is 0 Å². The fraction of sp³-hybridized carbons (Fsp3) is 0.263. The highest BCUT2D eigenvalue weighted by atomic mass is 32.2. The summed E-state index contributed by atoms with van der Waals surface area (Å²) < 4.78 is 29.5. The molecule has 0 saturated heterocycles. The molecule has 1 aliphatic heterocycles. The molecule has 4 rings (SSSR count). The van der Waals surface area contributed by atoms with E-state index in [-0.39, 0.29) is 5.75 Å². The van der Waals surface area contributed by atoms with Gasteiger partial charge in [0.1, 0.15) is 0 Å². The van der Waals surface area contributed by atoms with Gasteiger partial charge in [-0.1, -0.05) is 48.0 Å². The molecule has 0 atom stereocenters. The molecule has 0 unspecified atom stereocenters. The number of hydrogen-bond donors (Lipinski definition) is 0. The molecule has 0 amide bonds. The quantitative estimate of drug-likeness (QED) is 0.734. The van der Waals surface area contributed by atoms with Crippen LogP contribution in [-0.2, 0) is 28.9 Å². The highest BCUT2D eigenvalue weighted by Crippen LogP contribution is 2.26. The number of aromatic nitrogens is 1. The standard InChI is InChI=1S/C19H20N2O2S/c1-15-5-4-6-16(11-15)14-24(22,23)20-9-10-21-18(13-20)12-17-7-2-3-8-19(17)21/h2-8,11-12H,9-10,13-14H2,1H3. The number of rotatable bonds is 3. The molecule has 0 spiro atoms. The Bertz CT molecular complexity index is 1010. The first kappa shape index (κ1) is 15.4. The molecule has 3 aromatic rings. The number of aryl methyl sites for hydroxylation is 1. The van der Waals surface area contributed by atoms with Crippen LogP contribution in [0.1, 0.15) is 16.8 Å². The van der Waals surface area contributed by atoms with E-state index in [4.69, 9.17) is 0 Å². The van der Waals surface area contributed by atoms with Crippen LogP contribution < -0.4 is 0 Å². The maximum absolute atomic E-state index is 12.8. The molecule has 0 saturated carbocycles. The van der Waals surface area contributed by atoms with Gasteiger partial charge in [0.25, 0.3) is 0 Å².